The lowest BCUT2D eigenvalue weighted by molar-refractivity contribution is 0.316. The Kier molecular flexibility index (Phi) is 16.6. The fraction of sp³-hybridized carbons (Fsp3) is 1.00. The highest BCUT2D eigenvalue weighted by Crippen LogP contribution is 2.20. The van der Waals surface area contributed by atoms with E-state index in [4.69, 9.17) is 5.73 Å². The van der Waals surface area contributed by atoms with Gasteiger partial charge in [0, 0.05) is 5.54 Å². The van der Waals surface area contributed by atoms with Crippen LogP contribution in [0.5, 0.6) is 0 Å². The van der Waals surface area contributed by atoms with Gasteiger partial charge in [-0.1, -0.05) is 90.9 Å². The monoisotopic (exact) mass is 297 g/mol. The van der Waals surface area contributed by atoms with Crippen LogP contribution >= 0.6 is 0 Å². The molecular formula is C19H44BN. The van der Waals surface area contributed by atoms with Crippen LogP contribution in [0.3, 0.4) is 0 Å². The Bertz CT molecular complexity index is 198. The lowest BCUT2D eigenvalue weighted by Crippen LogP contribution is -2.39. The molecule has 0 saturated heterocycles. The second kappa shape index (κ2) is 14.9. The van der Waals surface area contributed by atoms with Crippen molar-refractivity contribution in [3.8, 4) is 0 Å². The molecule has 0 fully saturated rings. The quantitative estimate of drug-likeness (QED) is 0.343. The summed E-state index contributed by atoms with van der Waals surface area (Å²) < 4.78 is 0. The summed E-state index contributed by atoms with van der Waals surface area (Å²) in [5.41, 5.74) is 6.12. The van der Waals surface area contributed by atoms with E-state index in [1.165, 1.54) is 83.5 Å². The molecule has 1 nitrogen and oxygen atoms in total. The predicted molar refractivity (Wildman–Crippen MR) is 103 cm³/mol. The third kappa shape index (κ3) is 16.2. The molecule has 0 aromatic rings. The van der Waals surface area contributed by atoms with Crippen LogP contribution in [0.1, 0.15) is 111 Å². The molecule has 2 heteroatoms. The van der Waals surface area contributed by atoms with Crippen LogP contribution < -0.4 is 5.73 Å². The summed E-state index contributed by atoms with van der Waals surface area (Å²) in [6.45, 7) is 8.88. The van der Waals surface area contributed by atoms with Gasteiger partial charge in [0.2, 0.25) is 0 Å². The van der Waals surface area contributed by atoms with Crippen LogP contribution in [-0.4, -0.2) is 14.0 Å². The minimum Gasteiger partial charge on any atom is -0.325 e. The fourth-order valence-electron chi connectivity index (χ4n) is 2.66. The van der Waals surface area contributed by atoms with Crippen molar-refractivity contribution in [2.75, 3.05) is 0 Å². The van der Waals surface area contributed by atoms with Crippen molar-refractivity contribution in [1.82, 2.24) is 0 Å². The zero-order valence-electron chi connectivity index (χ0n) is 14.8. The summed E-state index contributed by atoms with van der Waals surface area (Å²) in [7, 11) is 0. The summed E-state index contributed by atoms with van der Waals surface area (Å²) in [6, 6.07) is 0. The lowest BCUT2D eigenvalue weighted by atomic mass is 9.86. The third-order valence-corrected chi connectivity index (χ3v) is 4.76. The number of rotatable bonds is 14. The molecule has 0 aliphatic carbocycles. The molecule has 0 radical (unpaired) electrons. The first-order valence-electron chi connectivity index (χ1n) is 9.27. The van der Waals surface area contributed by atoms with Gasteiger partial charge in [0.05, 0.1) is 8.41 Å². The molecule has 1 atom stereocenters. The van der Waals surface area contributed by atoms with Crippen molar-refractivity contribution in [2.45, 2.75) is 117 Å². The Balaban J connectivity index is 0. The molecule has 0 aromatic carbocycles. The van der Waals surface area contributed by atoms with Crippen molar-refractivity contribution in [2.24, 2.45) is 11.7 Å². The summed E-state index contributed by atoms with van der Waals surface area (Å²) in [4.78, 5) is 0. The standard InChI is InChI=1S/C19H41N.BH3/c1-5-6-7-8-9-10-11-12-13-14-15-16-17-18(2)19(3,4)20;/h18H,5-17,20H2,1-4H3;1H3. The predicted octanol–water partition coefficient (Wildman–Crippen LogP) is 5.27. The average Bonchev–Trinajstić information content (AvgIpc) is 2.38. The summed E-state index contributed by atoms with van der Waals surface area (Å²) in [6.07, 6.45) is 18.4. The molecule has 0 aliphatic rings. The molecular weight excluding hydrogens is 253 g/mol. The number of nitrogens with two attached hydrogens (primary N) is 1. The maximum atomic E-state index is 6.12. The summed E-state index contributed by atoms with van der Waals surface area (Å²) in [5.74, 6) is 0.644. The molecule has 0 aliphatic heterocycles. The Morgan fingerprint density at radius 3 is 1.38 bits per heavy atom. The molecule has 0 bridgehead atoms. The van der Waals surface area contributed by atoms with E-state index in [1.807, 2.05) is 0 Å². The van der Waals surface area contributed by atoms with Crippen LogP contribution in [0.25, 0.3) is 0 Å². The highest BCUT2D eigenvalue weighted by Gasteiger charge is 2.19. The summed E-state index contributed by atoms with van der Waals surface area (Å²) in [5, 5.41) is 0. The average molecular weight is 297 g/mol. The van der Waals surface area contributed by atoms with Crippen molar-refractivity contribution in [3.63, 3.8) is 0 Å². The van der Waals surface area contributed by atoms with Gasteiger partial charge < -0.3 is 5.73 Å². The molecule has 0 amide bonds. The van der Waals surface area contributed by atoms with Gasteiger partial charge in [-0.15, -0.1) is 0 Å². The first kappa shape index (κ1) is 23.3. The van der Waals surface area contributed by atoms with Gasteiger partial charge in [-0.05, 0) is 26.2 Å². The van der Waals surface area contributed by atoms with Crippen LogP contribution in [-0.2, 0) is 0 Å². The molecule has 2 N–H and O–H groups in total. The van der Waals surface area contributed by atoms with Gasteiger partial charge in [-0.25, -0.2) is 0 Å². The van der Waals surface area contributed by atoms with E-state index in [2.05, 4.69) is 27.7 Å². The van der Waals surface area contributed by atoms with Gasteiger partial charge in [-0.2, -0.15) is 0 Å². The number of hydrogen-bond acceptors (Lipinski definition) is 1. The Morgan fingerprint density at radius 2 is 1.05 bits per heavy atom. The first-order chi connectivity index (χ1) is 9.48. The molecule has 21 heavy (non-hydrogen) atoms. The Labute approximate surface area is 137 Å². The Morgan fingerprint density at radius 1 is 0.714 bits per heavy atom. The van der Waals surface area contributed by atoms with Gasteiger partial charge >= 0.3 is 0 Å². The second-order valence-corrected chi connectivity index (χ2v) is 7.40. The molecule has 0 spiro atoms. The van der Waals surface area contributed by atoms with Crippen molar-refractivity contribution in [1.29, 1.82) is 0 Å². The lowest BCUT2D eigenvalue weighted by Gasteiger charge is -2.27. The van der Waals surface area contributed by atoms with Gasteiger partial charge in [0.15, 0.2) is 0 Å². The highest BCUT2D eigenvalue weighted by molar-refractivity contribution is 5.75. The van der Waals surface area contributed by atoms with E-state index in [1.54, 1.807) is 0 Å². The second-order valence-electron chi connectivity index (χ2n) is 7.40. The topological polar surface area (TPSA) is 26.0 Å². The number of hydrogen-bond donors (Lipinski definition) is 1. The van der Waals surface area contributed by atoms with Gasteiger partial charge in [-0.3, -0.25) is 0 Å². The highest BCUT2D eigenvalue weighted by atomic mass is 14.7. The zero-order valence-corrected chi connectivity index (χ0v) is 14.8. The largest absolute Gasteiger partial charge is 0.325 e. The van der Waals surface area contributed by atoms with Crippen molar-refractivity contribution < 1.29 is 0 Å². The normalized spacial score (nSPS) is 13.0. The van der Waals surface area contributed by atoms with Crippen LogP contribution in [0.15, 0.2) is 0 Å². The first-order valence-corrected chi connectivity index (χ1v) is 9.27. The third-order valence-electron chi connectivity index (χ3n) is 4.76. The minimum absolute atomic E-state index is 0. The SMILES string of the molecule is B.CCCCCCCCCCCCCCC(C)C(C)(C)N. The molecule has 0 rings (SSSR count). The fourth-order valence-corrected chi connectivity index (χ4v) is 2.66. The van der Waals surface area contributed by atoms with E-state index >= 15 is 0 Å². The smallest absolute Gasteiger partial charge is 0.0814 e. The maximum Gasteiger partial charge on any atom is 0.0814 e. The van der Waals surface area contributed by atoms with Crippen LogP contribution in [0, 0.1) is 5.92 Å². The molecule has 128 valence electrons. The molecule has 0 heterocycles. The molecule has 0 aromatic heterocycles. The zero-order chi connectivity index (χ0) is 15.3. The molecule has 0 saturated carbocycles. The van der Waals surface area contributed by atoms with E-state index in [0.29, 0.717) is 5.92 Å². The van der Waals surface area contributed by atoms with Crippen molar-refractivity contribution >= 4 is 8.41 Å². The van der Waals surface area contributed by atoms with Crippen LogP contribution in [0.4, 0.5) is 0 Å². The van der Waals surface area contributed by atoms with E-state index < -0.39 is 0 Å². The maximum absolute atomic E-state index is 6.12. The van der Waals surface area contributed by atoms with E-state index in [-0.39, 0.29) is 14.0 Å². The summed E-state index contributed by atoms with van der Waals surface area (Å²) >= 11 is 0. The Hall–Kier alpha value is 0.0249. The van der Waals surface area contributed by atoms with Gasteiger partial charge in [0.1, 0.15) is 0 Å². The van der Waals surface area contributed by atoms with Gasteiger partial charge in [0.25, 0.3) is 0 Å². The van der Waals surface area contributed by atoms with Crippen LogP contribution in [0.2, 0.25) is 0 Å². The number of unbranched alkanes of at least 4 members (excludes halogenated alkanes) is 11. The van der Waals surface area contributed by atoms with Crippen molar-refractivity contribution in [3.05, 3.63) is 0 Å². The molecule has 1 unspecified atom stereocenters. The van der Waals surface area contributed by atoms with E-state index in [0.717, 1.165) is 0 Å². The van der Waals surface area contributed by atoms with E-state index in [9.17, 15) is 0 Å². The minimum atomic E-state index is -0.00221.